The monoisotopic (exact) mass is 178 g/mol. The lowest BCUT2D eigenvalue weighted by Gasteiger charge is -2.27. The molecule has 0 radical (unpaired) electrons. The maximum Gasteiger partial charge on any atom is 0.136 e. The molecule has 0 amide bonds. The first-order chi connectivity index (χ1) is 6.36. The minimum absolute atomic E-state index is 0.515. The third-order valence-corrected chi connectivity index (χ3v) is 4.67. The predicted octanol–water partition coefficient (Wildman–Crippen LogP) is 2.79. The summed E-state index contributed by atoms with van der Waals surface area (Å²) in [4.78, 5) is 11.9. The van der Waals surface area contributed by atoms with Crippen molar-refractivity contribution in [1.82, 2.24) is 0 Å². The van der Waals surface area contributed by atoms with Crippen molar-refractivity contribution in [1.29, 1.82) is 0 Å². The molecule has 0 N–H and O–H groups in total. The van der Waals surface area contributed by atoms with E-state index in [9.17, 15) is 4.79 Å². The maximum absolute atomic E-state index is 11.9. The van der Waals surface area contributed by atoms with Crippen molar-refractivity contribution in [3.63, 3.8) is 0 Å². The van der Waals surface area contributed by atoms with Gasteiger partial charge in [-0.25, -0.2) is 0 Å². The van der Waals surface area contributed by atoms with E-state index in [0.717, 1.165) is 24.2 Å². The highest BCUT2D eigenvalue weighted by Gasteiger charge is 2.50. The van der Waals surface area contributed by atoms with Crippen LogP contribution in [-0.2, 0) is 4.79 Å². The SMILES string of the molecule is O=C1CCCC[C@H]2C3CCC(C3)[C@H]12. The first-order valence-electron chi connectivity index (χ1n) is 5.89. The van der Waals surface area contributed by atoms with Crippen molar-refractivity contribution in [2.45, 2.75) is 44.9 Å². The Labute approximate surface area is 79.9 Å². The summed E-state index contributed by atoms with van der Waals surface area (Å²) in [5.74, 6) is 3.70. The minimum atomic E-state index is 0.515. The Bertz CT molecular complexity index is 233. The molecule has 0 aliphatic heterocycles. The second kappa shape index (κ2) is 2.83. The van der Waals surface area contributed by atoms with Crippen molar-refractivity contribution in [2.24, 2.45) is 23.7 Å². The van der Waals surface area contributed by atoms with Crippen LogP contribution in [0.4, 0.5) is 0 Å². The van der Waals surface area contributed by atoms with Crippen LogP contribution in [0.1, 0.15) is 44.9 Å². The first-order valence-corrected chi connectivity index (χ1v) is 5.89. The van der Waals surface area contributed by atoms with E-state index in [-0.39, 0.29) is 0 Å². The average Bonchev–Trinajstić information content (AvgIpc) is 2.66. The number of hydrogen-bond donors (Lipinski definition) is 0. The molecule has 13 heavy (non-hydrogen) atoms. The number of fused-ring (bicyclic) bond motifs is 5. The van der Waals surface area contributed by atoms with Gasteiger partial charge >= 0.3 is 0 Å². The van der Waals surface area contributed by atoms with Gasteiger partial charge in [0.1, 0.15) is 5.78 Å². The van der Waals surface area contributed by atoms with E-state index in [1.165, 1.54) is 38.5 Å². The average molecular weight is 178 g/mol. The lowest BCUT2D eigenvalue weighted by molar-refractivity contribution is -0.125. The van der Waals surface area contributed by atoms with Gasteiger partial charge in [-0.2, -0.15) is 0 Å². The molecule has 3 aliphatic carbocycles. The fourth-order valence-electron chi connectivity index (χ4n) is 4.17. The molecule has 0 aromatic rings. The van der Waals surface area contributed by atoms with E-state index >= 15 is 0 Å². The molecule has 3 saturated carbocycles. The lowest BCUT2D eigenvalue weighted by Crippen LogP contribution is -2.27. The molecule has 0 spiro atoms. The second-order valence-corrected chi connectivity index (χ2v) is 5.23. The van der Waals surface area contributed by atoms with Crippen LogP contribution in [0.25, 0.3) is 0 Å². The van der Waals surface area contributed by atoms with Gasteiger partial charge in [0.05, 0.1) is 0 Å². The highest BCUT2D eigenvalue weighted by atomic mass is 16.1. The Morgan fingerprint density at radius 1 is 1.00 bits per heavy atom. The number of Topliss-reactive ketones (excluding diaryl/α,β-unsaturated/α-hetero) is 1. The molecule has 3 aliphatic rings. The van der Waals surface area contributed by atoms with Crippen molar-refractivity contribution in [3.8, 4) is 0 Å². The Hall–Kier alpha value is -0.330. The molecule has 3 fully saturated rings. The van der Waals surface area contributed by atoms with Crippen molar-refractivity contribution < 1.29 is 4.79 Å². The van der Waals surface area contributed by atoms with Gasteiger partial charge in [-0.05, 0) is 49.9 Å². The minimum Gasteiger partial charge on any atom is -0.299 e. The highest BCUT2D eigenvalue weighted by Crippen LogP contribution is 2.55. The molecule has 0 saturated heterocycles. The van der Waals surface area contributed by atoms with Gasteiger partial charge in [0.2, 0.25) is 0 Å². The Morgan fingerprint density at radius 3 is 2.77 bits per heavy atom. The van der Waals surface area contributed by atoms with Gasteiger partial charge in [-0.3, -0.25) is 4.79 Å². The summed E-state index contributed by atoms with van der Waals surface area (Å²) in [5, 5.41) is 0. The van der Waals surface area contributed by atoms with Crippen molar-refractivity contribution in [2.75, 3.05) is 0 Å². The van der Waals surface area contributed by atoms with Gasteiger partial charge in [0.15, 0.2) is 0 Å². The molecule has 1 heteroatoms. The summed E-state index contributed by atoms with van der Waals surface area (Å²) in [6.45, 7) is 0. The largest absolute Gasteiger partial charge is 0.299 e. The number of carbonyl (C=O) groups excluding carboxylic acids is 1. The molecule has 4 atom stereocenters. The highest BCUT2D eigenvalue weighted by molar-refractivity contribution is 5.82. The third-order valence-electron chi connectivity index (χ3n) is 4.67. The zero-order chi connectivity index (χ0) is 8.84. The zero-order valence-electron chi connectivity index (χ0n) is 8.17. The smallest absolute Gasteiger partial charge is 0.136 e. The summed E-state index contributed by atoms with van der Waals surface area (Å²) in [6.07, 6.45) is 8.92. The maximum atomic E-state index is 11.9. The second-order valence-electron chi connectivity index (χ2n) is 5.23. The summed E-state index contributed by atoms with van der Waals surface area (Å²) in [5.41, 5.74) is 0. The van der Waals surface area contributed by atoms with Crippen LogP contribution in [-0.4, -0.2) is 5.78 Å². The van der Waals surface area contributed by atoms with E-state index in [2.05, 4.69) is 0 Å². The molecule has 1 nitrogen and oxygen atoms in total. The van der Waals surface area contributed by atoms with Crippen LogP contribution in [0, 0.1) is 23.7 Å². The van der Waals surface area contributed by atoms with Crippen LogP contribution in [0.3, 0.4) is 0 Å². The van der Waals surface area contributed by atoms with Crippen LogP contribution in [0.5, 0.6) is 0 Å². The van der Waals surface area contributed by atoms with E-state index in [4.69, 9.17) is 0 Å². The van der Waals surface area contributed by atoms with Crippen LogP contribution >= 0.6 is 0 Å². The Kier molecular flexibility index (Phi) is 1.75. The van der Waals surface area contributed by atoms with Gasteiger partial charge in [0, 0.05) is 12.3 Å². The topological polar surface area (TPSA) is 17.1 Å². The number of carbonyl (C=O) groups is 1. The van der Waals surface area contributed by atoms with Crippen LogP contribution in [0.15, 0.2) is 0 Å². The summed E-state index contributed by atoms with van der Waals surface area (Å²) in [6, 6.07) is 0. The van der Waals surface area contributed by atoms with Gasteiger partial charge in [-0.1, -0.05) is 6.42 Å². The molecule has 2 unspecified atom stereocenters. The molecule has 2 bridgehead atoms. The molecular weight excluding hydrogens is 160 g/mol. The third kappa shape index (κ3) is 1.09. The fourth-order valence-corrected chi connectivity index (χ4v) is 4.17. The summed E-state index contributed by atoms with van der Waals surface area (Å²) >= 11 is 0. The lowest BCUT2D eigenvalue weighted by atomic mass is 9.76. The van der Waals surface area contributed by atoms with Crippen molar-refractivity contribution in [3.05, 3.63) is 0 Å². The van der Waals surface area contributed by atoms with Crippen LogP contribution < -0.4 is 0 Å². The van der Waals surface area contributed by atoms with Crippen LogP contribution in [0.2, 0.25) is 0 Å². The Morgan fingerprint density at radius 2 is 1.85 bits per heavy atom. The molecule has 0 heterocycles. The molecule has 0 aromatic heterocycles. The van der Waals surface area contributed by atoms with E-state index in [1.807, 2.05) is 0 Å². The fraction of sp³-hybridized carbons (Fsp3) is 0.917. The standard InChI is InChI=1S/C12H18O/c13-11-4-2-1-3-10-8-5-6-9(7-8)12(10)11/h8-10,12H,1-7H2/t8?,9?,10-,12-/m0/s1. The zero-order valence-corrected chi connectivity index (χ0v) is 8.17. The number of rotatable bonds is 0. The Balaban J connectivity index is 1.89. The molecule has 3 rings (SSSR count). The number of ketones is 1. The van der Waals surface area contributed by atoms with Crippen molar-refractivity contribution >= 4 is 5.78 Å². The first kappa shape index (κ1) is 8.02. The predicted molar refractivity (Wildman–Crippen MR) is 51.3 cm³/mol. The van der Waals surface area contributed by atoms with E-state index in [1.54, 1.807) is 0 Å². The van der Waals surface area contributed by atoms with E-state index in [0.29, 0.717) is 11.7 Å². The quantitative estimate of drug-likeness (QED) is 0.557. The molecule has 0 aromatic carbocycles. The van der Waals surface area contributed by atoms with E-state index < -0.39 is 0 Å². The molecule has 72 valence electrons. The summed E-state index contributed by atoms with van der Waals surface area (Å²) < 4.78 is 0. The normalized spacial score (nSPS) is 49.1. The summed E-state index contributed by atoms with van der Waals surface area (Å²) in [7, 11) is 0. The van der Waals surface area contributed by atoms with Gasteiger partial charge < -0.3 is 0 Å². The van der Waals surface area contributed by atoms with Gasteiger partial charge in [0.25, 0.3) is 0 Å². The molecular formula is C12H18O. The number of hydrogen-bond acceptors (Lipinski definition) is 1. The van der Waals surface area contributed by atoms with Gasteiger partial charge in [-0.15, -0.1) is 0 Å².